The highest BCUT2D eigenvalue weighted by atomic mass is 32.1. The minimum Gasteiger partial charge on any atom is -0.253 e. The average Bonchev–Trinajstić information content (AvgIpc) is 3.20. The van der Waals surface area contributed by atoms with E-state index in [0.717, 1.165) is 38.6 Å². The highest BCUT2D eigenvalue weighted by Gasteiger charge is 2.05. The van der Waals surface area contributed by atoms with Crippen LogP contribution in [0.1, 0.15) is 11.1 Å². The lowest BCUT2D eigenvalue weighted by Gasteiger charge is -2.07. The number of nitrogens with one attached hydrogen (secondary N) is 1. The van der Waals surface area contributed by atoms with Crippen LogP contribution >= 0.6 is 11.3 Å². The van der Waals surface area contributed by atoms with Crippen LogP contribution in [0, 0.1) is 12.7 Å². The van der Waals surface area contributed by atoms with Crippen molar-refractivity contribution in [1.29, 1.82) is 0 Å². The molecular weight excluding hydrogens is 369 g/mol. The number of hydrogen-bond donors (Lipinski definition) is 1. The molecule has 1 N–H and O–H groups in total. The first-order chi connectivity index (χ1) is 13.7. The first kappa shape index (κ1) is 18.1. The van der Waals surface area contributed by atoms with Crippen molar-refractivity contribution in [3.63, 3.8) is 0 Å². The molecule has 0 atom stereocenters. The number of rotatable bonds is 5. The van der Waals surface area contributed by atoms with Crippen LogP contribution in [0.3, 0.4) is 0 Å². The molecule has 3 nitrogen and oxygen atoms in total. The molecule has 3 aromatic carbocycles. The Morgan fingerprint density at radius 3 is 2.64 bits per heavy atom. The fourth-order valence-corrected chi connectivity index (χ4v) is 3.59. The molecule has 0 bridgehead atoms. The molecule has 4 aromatic rings. The van der Waals surface area contributed by atoms with E-state index in [1.54, 1.807) is 18.3 Å². The molecule has 4 rings (SSSR count). The van der Waals surface area contributed by atoms with Gasteiger partial charge in [-0.25, -0.2) is 9.37 Å². The topological polar surface area (TPSA) is 37.3 Å². The number of hydrogen-bond acceptors (Lipinski definition) is 4. The quantitative estimate of drug-likeness (QED) is 0.319. The third kappa shape index (κ3) is 4.15. The highest BCUT2D eigenvalue weighted by molar-refractivity contribution is 7.14. The first-order valence-corrected chi connectivity index (χ1v) is 9.73. The van der Waals surface area contributed by atoms with E-state index in [1.807, 2.05) is 66.9 Å². The van der Waals surface area contributed by atoms with E-state index in [2.05, 4.69) is 15.5 Å². The van der Waals surface area contributed by atoms with Gasteiger partial charge in [-0.05, 0) is 47.4 Å². The maximum absolute atomic E-state index is 13.6. The Balaban J connectivity index is 1.49. The van der Waals surface area contributed by atoms with Crippen molar-refractivity contribution in [2.45, 2.75) is 6.92 Å². The monoisotopic (exact) mass is 387 g/mol. The molecule has 0 unspecified atom stereocenters. The number of halogens is 1. The predicted octanol–water partition coefficient (Wildman–Crippen LogP) is 6.37. The third-order valence-electron chi connectivity index (χ3n) is 4.34. The fourth-order valence-electron chi connectivity index (χ4n) is 2.92. The Bertz CT molecular complexity index is 1120. The number of anilines is 1. The van der Waals surface area contributed by atoms with Crippen LogP contribution < -0.4 is 5.43 Å². The van der Waals surface area contributed by atoms with Crippen molar-refractivity contribution in [3.8, 4) is 22.4 Å². The van der Waals surface area contributed by atoms with Gasteiger partial charge >= 0.3 is 0 Å². The van der Waals surface area contributed by atoms with Crippen molar-refractivity contribution in [2.24, 2.45) is 5.10 Å². The molecule has 0 aliphatic carbocycles. The van der Waals surface area contributed by atoms with E-state index in [9.17, 15) is 4.39 Å². The molecule has 28 heavy (non-hydrogen) atoms. The summed E-state index contributed by atoms with van der Waals surface area (Å²) in [5, 5.41) is 7.02. The van der Waals surface area contributed by atoms with Gasteiger partial charge in [-0.3, -0.25) is 5.43 Å². The van der Waals surface area contributed by atoms with Crippen molar-refractivity contribution >= 4 is 22.7 Å². The maximum atomic E-state index is 13.6. The zero-order valence-electron chi connectivity index (χ0n) is 15.3. The highest BCUT2D eigenvalue weighted by Crippen LogP contribution is 2.26. The first-order valence-electron chi connectivity index (χ1n) is 8.86. The SMILES string of the molecule is Cc1ccc(F)cc1-c1cccc(C=NNc2nc(-c3ccccc3)cs2)c1. The summed E-state index contributed by atoms with van der Waals surface area (Å²) in [5.74, 6) is -0.237. The van der Waals surface area contributed by atoms with Gasteiger partial charge in [0.1, 0.15) is 5.82 Å². The molecule has 0 aliphatic rings. The maximum Gasteiger partial charge on any atom is 0.203 e. The molecule has 138 valence electrons. The van der Waals surface area contributed by atoms with Gasteiger partial charge < -0.3 is 0 Å². The van der Waals surface area contributed by atoms with Gasteiger partial charge in [-0.2, -0.15) is 5.10 Å². The summed E-state index contributed by atoms with van der Waals surface area (Å²) in [6.45, 7) is 1.98. The van der Waals surface area contributed by atoms with E-state index < -0.39 is 0 Å². The number of aryl methyl sites for hydroxylation is 1. The van der Waals surface area contributed by atoms with Crippen LogP contribution in [0.15, 0.2) is 83.3 Å². The van der Waals surface area contributed by atoms with Crippen LogP contribution in [0.5, 0.6) is 0 Å². The summed E-state index contributed by atoms with van der Waals surface area (Å²) in [4.78, 5) is 4.55. The minimum absolute atomic E-state index is 0.237. The van der Waals surface area contributed by atoms with E-state index >= 15 is 0 Å². The van der Waals surface area contributed by atoms with Crippen LogP contribution in [-0.2, 0) is 0 Å². The normalized spacial score (nSPS) is 11.1. The Morgan fingerprint density at radius 1 is 0.964 bits per heavy atom. The van der Waals surface area contributed by atoms with Crippen molar-refractivity contribution in [1.82, 2.24) is 4.98 Å². The van der Waals surface area contributed by atoms with Crippen LogP contribution in [0.2, 0.25) is 0 Å². The minimum atomic E-state index is -0.237. The number of thiazole rings is 1. The number of benzene rings is 3. The van der Waals surface area contributed by atoms with E-state index in [4.69, 9.17) is 0 Å². The Morgan fingerprint density at radius 2 is 1.79 bits per heavy atom. The van der Waals surface area contributed by atoms with E-state index in [1.165, 1.54) is 17.4 Å². The van der Waals surface area contributed by atoms with Crippen LogP contribution in [0.25, 0.3) is 22.4 Å². The molecule has 5 heteroatoms. The van der Waals surface area contributed by atoms with Crippen molar-refractivity contribution in [3.05, 3.63) is 95.1 Å². The fraction of sp³-hybridized carbons (Fsp3) is 0.0435. The molecule has 1 heterocycles. The Hall–Kier alpha value is -3.31. The molecule has 0 amide bonds. The second kappa shape index (κ2) is 8.15. The van der Waals surface area contributed by atoms with Crippen molar-refractivity contribution < 1.29 is 4.39 Å². The predicted molar refractivity (Wildman–Crippen MR) is 115 cm³/mol. The summed E-state index contributed by atoms with van der Waals surface area (Å²) in [6.07, 6.45) is 1.74. The summed E-state index contributed by atoms with van der Waals surface area (Å²) >= 11 is 1.51. The lowest BCUT2D eigenvalue weighted by molar-refractivity contribution is 0.628. The van der Waals surface area contributed by atoms with Crippen LogP contribution in [-0.4, -0.2) is 11.2 Å². The molecule has 0 saturated carbocycles. The van der Waals surface area contributed by atoms with E-state index in [0.29, 0.717) is 0 Å². The standard InChI is InChI=1S/C23H18FN3S/c1-16-10-11-20(24)13-21(16)19-9-5-6-17(12-19)14-25-27-23-26-22(15-28-23)18-7-3-2-4-8-18/h2-15H,1H3,(H,26,27). The molecule has 1 aromatic heterocycles. The summed E-state index contributed by atoms with van der Waals surface area (Å²) in [6, 6.07) is 22.7. The second-order valence-electron chi connectivity index (χ2n) is 6.36. The number of hydrazone groups is 1. The summed E-state index contributed by atoms with van der Waals surface area (Å²) in [5.41, 5.74) is 8.78. The Kier molecular flexibility index (Phi) is 5.26. The van der Waals surface area contributed by atoms with Gasteiger partial charge in [-0.15, -0.1) is 11.3 Å². The van der Waals surface area contributed by atoms with E-state index in [-0.39, 0.29) is 5.82 Å². The average molecular weight is 387 g/mol. The lowest BCUT2D eigenvalue weighted by atomic mass is 9.99. The van der Waals surface area contributed by atoms with Gasteiger partial charge in [0.25, 0.3) is 0 Å². The zero-order chi connectivity index (χ0) is 19.3. The largest absolute Gasteiger partial charge is 0.253 e. The molecule has 0 spiro atoms. The van der Waals surface area contributed by atoms with Gasteiger partial charge in [0.05, 0.1) is 11.9 Å². The lowest BCUT2D eigenvalue weighted by Crippen LogP contribution is -1.91. The molecule has 0 radical (unpaired) electrons. The molecule has 0 saturated heterocycles. The Labute approximate surface area is 167 Å². The summed E-state index contributed by atoms with van der Waals surface area (Å²) < 4.78 is 13.6. The zero-order valence-corrected chi connectivity index (χ0v) is 16.1. The van der Waals surface area contributed by atoms with Gasteiger partial charge in [-0.1, -0.05) is 54.6 Å². The molecule has 0 aliphatic heterocycles. The van der Waals surface area contributed by atoms with Gasteiger partial charge in [0.15, 0.2) is 0 Å². The summed E-state index contributed by atoms with van der Waals surface area (Å²) in [7, 11) is 0. The third-order valence-corrected chi connectivity index (χ3v) is 5.09. The molecule has 0 fully saturated rings. The van der Waals surface area contributed by atoms with Gasteiger partial charge in [0, 0.05) is 10.9 Å². The second-order valence-corrected chi connectivity index (χ2v) is 7.22. The van der Waals surface area contributed by atoms with Crippen LogP contribution in [0.4, 0.5) is 9.52 Å². The number of aromatic nitrogens is 1. The smallest absolute Gasteiger partial charge is 0.203 e. The van der Waals surface area contributed by atoms with Crippen molar-refractivity contribution in [2.75, 3.05) is 5.43 Å². The molecular formula is C23H18FN3S. The van der Waals surface area contributed by atoms with Gasteiger partial charge in [0.2, 0.25) is 5.13 Å². The number of nitrogens with zero attached hydrogens (tertiary/aromatic N) is 2.